The van der Waals surface area contributed by atoms with Gasteiger partial charge in [-0.25, -0.2) is 0 Å². The van der Waals surface area contributed by atoms with E-state index in [-0.39, 0.29) is 30.6 Å². The number of carbonyl (C=O) groups is 2. The summed E-state index contributed by atoms with van der Waals surface area (Å²) in [4.78, 5) is 25.7. The molecular formula is C39H45N3O6S. The van der Waals surface area contributed by atoms with Gasteiger partial charge >= 0.3 is 0 Å². The molecule has 4 aromatic rings. The van der Waals surface area contributed by atoms with Gasteiger partial charge in [-0.3, -0.25) is 9.59 Å². The van der Waals surface area contributed by atoms with Crippen molar-refractivity contribution < 1.29 is 28.9 Å². The second kappa shape index (κ2) is 18.4. The van der Waals surface area contributed by atoms with Crippen LogP contribution in [0, 0.1) is 0 Å². The highest BCUT2D eigenvalue weighted by Gasteiger charge is 2.32. The first-order valence-electron chi connectivity index (χ1n) is 16.7. The molecule has 258 valence electrons. The van der Waals surface area contributed by atoms with Crippen molar-refractivity contribution in [2.45, 2.75) is 75.1 Å². The SMILES string of the molecule is COc1ccccc1SCC1CC(c2ccc(CO)cc2)OC(c2ccc(CNC(=O)CCCCCC(=O)Nc3ccccc3N)cc2)O1. The van der Waals surface area contributed by atoms with Gasteiger partial charge in [-0.05, 0) is 53.8 Å². The Morgan fingerprint density at radius 2 is 1.51 bits per heavy atom. The van der Waals surface area contributed by atoms with Crippen LogP contribution in [-0.2, 0) is 32.2 Å². The average molecular weight is 684 g/mol. The Labute approximate surface area is 292 Å². The molecule has 0 aromatic heterocycles. The standard InChI is InChI=1S/C39H45N3O6S/c1-46-34-11-7-8-12-36(34)49-26-31-23-35(29-19-17-28(25-43)18-20-29)48-39(47-31)30-21-15-27(16-22-30)24-41-37(44)13-3-2-4-14-38(45)42-33-10-6-5-9-32(33)40/h5-12,15-22,31,35,39,43H,2-4,13-14,23-26,40H2,1H3,(H,41,44)(H,42,45). The third kappa shape index (κ3) is 10.8. The van der Waals surface area contributed by atoms with Crippen LogP contribution in [0.25, 0.3) is 0 Å². The lowest BCUT2D eigenvalue weighted by molar-refractivity contribution is -0.245. The molecule has 3 atom stereocenters. The van der Waals surface area contributed by atoms with Gasteiger partial charge in [0.2, 0.25) is 11.8 Å². The third-order valence-electron chi connectivity index (χ3n) is 8.39. The Kier molecular flexibility index (Phi) is 13.5. The first-order valence-corrected chi connectivity index (χ1v) is 17.7. The third-order valence-corrected chi connectivity index (χ3v) is 9.58. The van der Waals surface area contributed by atoms with E-state index in [9.17, 15) is 14.7 Å². The fraction of sp³-hybridized carbons (Fsp3) is 0.333. The first-order chi connectivity index (χ1) is 23.9. The second-order valence-corrected chi connectivity index (χ2v) is 13.1. The molecular weight excluding hydrogens is 639 g/mol. The number of para-hydroxylation sites is 3. The fourth-order valence-corrected chi connectivity index (χ4v) is 6.65. The number of unbranched alkanes of at least 4 members (excludes halogenated alkanes) is 2. The van der Waals surface area contributed by atoms with Crippen molar-refractivity contribution in [3.8, 4) is 5.75 Å². The number of ether oxygens (including phenoxy) is 3. The lowest BCUT2D eigenvalue weighted by Crippen LogP contribution is -2.31. The van der Waals surface area contributed by atoms with Crippen LogP contribution < -0.4 is 21.1 Å². The van der Waals surface area contributed by atoms with Gasteiger partial charge in [0.1, 0.15) is 5.75 Å². The van der Waals surface area contributed by atoms with Crippen LogP contribution in [-0.4, -0.2) is 35.9 Å². The second-order valence-electron chi connectivity index (χ2n) is 12.0. The number of amides is 2. The van der Waals surface area contributed by atoms with Crippen molar-refractivity contribution >= 4 is 35.0 Å². The van der Waals surface area contributed by atoms with E-state index in [0.717, 1.165) is 45.1 Å². The molecule has 5 N–H and O–H groups in total. The van der Waals surface area contributed by atoms with Crippen LogP contribution in [0.1, 0.15) is 73.2 Å². The Morgan fingerprint density at radius 3 is 2.24 bits per heavy atom. The Bertz CT molecular complexity index is 1650. The van der Waals surface area contributed by atoms with Gasteiger partial charge in [0, 0.05) is 42.0 Å². The van der Waals surface area contributed by atoms with E-state index >= 15 is 0 Å². The summed E-state index contributed by atoms with van der Waals surface area (Å²) in [6.07, 6.45) is 2.87. The molecule has 49 heavy (non-hydrogen) atoms. The van der Waals surface area contributed by atoms with Gasteiger partial charge < -0.3 is 35.7 Å². The molecule has 5 rings (SSSR count). The van der Waals surface area contributed by atoms with Crippen molar-refractivity contribution in [3.05, 3.63) is 119 Å². The quantitative estimate of drug-likeness (QED) is 0.0549. The van der Waals surface area contributed by atoms with Gasteiger partial charge in [0.15, 0.2) is 6.29 Å². The number of hydrogen-bond acceptors (Lipinski definition) is 8. The Balaban J connectivity index is 1.10. The van der Waals surface area contributed by atoms with E-state index in [4.69, 9.17) is 19.9 Å². The molecule has 9 nitrogen and oxygen atoms in total. The van der Waals surface area contributed by atoms with E-state index in [0.29, 0.717) is 50.0 Å². The Morgan fingerprint density at radius 1 is 0.837 bits per heavy atom. The van der Waals surface area contributed by atoms with Crippen LogP contribution >= 0.6 is 11.8 Å². The number of methoxy groups -OCH3 is 1. The summed E-state index contributed by atoms with van der Waals surface area (Å²) in [5.74, 6) is 1.47. The number of hydrogen-bond donors (Lipinski definition) is 4. The van der Waals surface area contributed by atoms with E-state index in [2.05, 4.69) is 10.6 Å². The van der Waals surface area contributed by atoms with Gasteiger partial charge in [-0.1, -0.05) is 79.2 Å². The van der Waals surface area contributed by atoms with E-state index in [1.54, 1.807) is 31.0 Å². The van der Waals surface area contributed by atoms with Crippen LogP contribution in [0.5, 0.6) is 5.75 Å². The molecule has 1 fully saturated rings. The molecule has 0 aliphatic carbocycles. The summed E-state index contributed by atoms with van der Waals surface area (Å²) >= 11 is 1.70. The van der Waals surface area contributed by atoms with Crippen LogP contribution in [0.4, 0.5) is 11.4 Å². The first kappa shape index (κ1) is 35.9. The summed E-state index contributed by atoms with van der Waals surface area (Å²) in [5.41, 5.74) is 10.8. The van der Waals surface area contributed by atoms with Crippen LogP contribution in [0.3, 0.4) is 0 Å². The molecule has 1 heterocycles. The molecule has 0 bridgehead atoms. The molecule has 0 spiro atoms. The van der Waals surface area contributed by atoms with Crippen molar-refractivity contribution in [3.63, 3.8) is 0 Å². The molecule has 0 radical (unpaired) electrons. The van der Waals surface area contributed by atoms with Crippen LogP contribution in [0.15, 0.2) is 102 Å². The summed E-state index contributed by atoms with van der Waals surface area (Å²) in [6, 6.07) is 31.0. The zero-order chi connectivity index (χ0) is 34.4. The number of carbonyl (C=O) groups excluding carboxylic acids is 2. The van der Waals surface area contributed by atoms with Crippen LogP contribution in [0.2, 0.25) is 0 Å². The summed E-state index contributed by atoms with van der Waals surface area (Å²) < 4.78 is 18.5. The van der Waals surface area contributed by atoms with E-state index < -0.39 is 6.29 Å². The van der Waals surface area contributed by atoms with Crippen molar-refractivity contribution in [2.24, 2.45) is 0 Å². The number of rotatable bonds is 16. The number of aliphatic hydroxyl groups is 1. The number of aliphatic hydroxyl groups excluding tert-OH is 1. The molecule has 0 saturated carbocycles. The van der Waals surface area contributed by atoms with Gasteiger partial charge in [-0.2, -0.15) is 0 Å². The maximum absolute atomic E-state index is 12.5. The molecule has 2 amide bonds. The summed E-state index contributed by atoms with van der Waals surface area (Å²) in [5, 5.41) is 15.3. The molecule has 1 saturated heterocycles. The fourth-order valence-electron chi connectivity index (χ4n) is 5.60. The molecule has 1 aliphatic rings. The number of nitrogens with one attached hydrogen (secondary N) is 2. The lowest BCUT2D eigenvalue weighted by atomic mass is 10.0. The largest absolute Gasteiger partial charge is 0.496 e. The highest BCUT2D eigenvalue weighted by atomic mass is 32.2. The zero-order valence-electron chi connectivity index (χ0n) is 27.8. The van der Waals surface area contributed by atoms with Gasteiger partial charge in [-0.15, -0.1) is 11.8 Å². The van der Waals surface area contributed by atoms with Gasteiger partial charge in [0.25, 0.3) is 0 Å². The van der Waals surface area contributed by atoms with Crippen molar-refractivity contribution in [1.29, 1.82) is 0 Å². The Hall–Kier alpha value is -4.35. The molecule has 10 heteroatoms. The predicted molar refractivity (Wildman–Crippen MR) is 193 cm³/mol. The minimum atomic E-state index is -0.560. The van der Waals surface area contributed by atoms with E-state index in [1.165, 1.54) is 0 Å². The highest BCUT2D eigenvalue weighted by Crippen LogP contribution is 2.40. The summed E-state index contributed by atoms with van der Waals surface area (Å²) in [6.45, 7) is 0.416. The predicted octanol–water partition coefficient (Wildman–Crippen LogP) is 7.31. The highest BCUT2D eigenvalue weighted by molar-refractivity contribution is 7.99. The number of nitrogen functional groups attached to an aromatic ring is 1. The van der Waals surface area contributed by atoms with Gasteiger partial charge in [0.05, 0.1) is 37.3 Å². The van der Waals surface area contributed by atoms with Crippen molar-refractivity contribution in [2.75, 3.05) is 23.9 Å². The summed E-state index contributed by atoms with van der Waals surface area (Å²) in [7, 11) is 1.68. The zero-order valence-corrected chi connectivity index (χ0v) is 28.6. The van der Waals surface area contributed by atoms with E-state index in [1.807, 2.05) is 84.9 Å². The number of nitrogens with two attached hydrogens (primary N) is 1. The lowest BCUT2D eigenvalue weighted by Gasteiger charge is -2.36. The molecule has 3 unspecified atom stereocenters. The maximum atomic E-state index is 12.5. The smallest absolute Gasteiger partial charge is 0.224 e. The molecule has 1 aliphatic heterocycles. The minimum Gasteiger partial charge on any atom is -0.496 e. The molecule has 4 aromatic carbocycles. The maximum Gasteiger partial charge on any atom is 0.224 e. The average Bonchev–Trinajstić information content (AvgIpc) is 3.14. The number of thioether (sulfide) groups is 1. The number of anilines is 2. The van der Waals surface area contributed by atoms with Crippen molar-refractivity contribution in [1.82, 2.24) is 5.32 Å². The number of benzene rings is 4. The topological polar surface area (TPSA) is 132 Å². The monoisotopic (exact) mass is 683 g/mol. The minimum absolute atomic E-state index is 0.00523. The normalized spacial score (nSPS) is 17.3.